The van der Waals surface area contributed by atoms with Gasteiger partial charge in [-0.1, -0.05) is 35.9 Å². The van der Waals surface area contributed by atoms with Gasteiger partial charge in [0.15, 0.2) is 0 Å². The van der Waals surface area contributed by atoms with Gasteiger partial charge >= 0.3 is 0 Å². The molecule has 2 aromatic rings. The fraction of sp³-hybridized carbons (Fsp3) is 0.294. The Bertz CT molecular complexity index is 667. The second-order valence-electron chi connectivity index (χ2n) is 5.30. The summed E-state index contributed by atoms with van der Waals surface area (Å²) in [5.74, 6) is 0.570. The molecule has 0 fully saturated rings. The topological polar surface area (TPSA) is 32.3 Å². The van der Waals surface area contributed by atoms with Crippen LogP contribution in [0.5, 0.6) is 0 Å². The first-order valence-electron chi connectivity index (χ1n) is 7.22. The second kappa shape index (κ2) is 7.01. The molecular weight excluding hydrogens is 321 g/mol. The predicted octanol–water partition coefficient (Wildman–Crippen LogP) is 4.34. The molecule has 0 amide bonds. The van der Waals surface area contributed by atoms with Crippen LogP contribution in [0.3, 0.4) is 0 Å². The number of hydrogen-bond acceptors (Lipinski definition) is 3. The van der Waals surface area contributed by atoms with Crippen molar-refractivity contribution in [1.82, 2.24) is 5.32 Å². The molecule has 2 unspecified atom stereocenters. The Balaban J connectivity index is 1.83. The van der Waals surface area contributed by atoms with Crippen LogP contribution in [0.4, 0.5) is 4.39 Å². The van der Waals surface area contributed by atoms with Gasteiger partial charge in [-0.05, 0) is 41.5 Å². The zero-order valence-corrected chi connectivity index (χ0v) is 13.5. The first-order valence-corrected chi connectivity index (χ1v) is 8.59. The highest BCUT2D eigenvalue weighted by Crippen LogP contribution is 2.37. The van der Waals surface area contributed by atoms with Crippen LogP contribution >= 0.6 is 23.4 Å². The van der Waals surface area contributed by atoms with E-state index in [1.807, 2.05) is 23.9 Å². The third kappa shape index (κ3) is 3.30. The van der Waals surface area contributed by atoms with E-state index in [1.54, 1.807) is 6.07 Å². The van der Waals surface area contributed by atoms with Gasteiger partial charge in [-0.2, -0.15) is 0 Å². The first-order chi connectivity index (χ1) is 10.7. The Morgan fingerprint density at radius 2 is 2.14 bits per heavy atom. The molecular formula is C17H17ClFNOS. The summed E-state index contributed by atoms with van der Waals surface area (Å²) in [5.41, 5.74) is 1.95. The molecule has 2 N–H and O–H groups in total. The van der Waals surface area contributed by atoms with Crippen molar-refractivity contribution in [3.05, 3.63) is 64.4 Å². The van der Waals surface area contributed by atoms with Gasteiger partial charge in [0.25, 0.3) is 0 Å². The van der Waals surface area contributed by atoms with Crippen molar-refractivity contribution < 1.29 is 9.50 Å². The quantitative estimate of drug-likeness (QED) is 0.870. The van der Waals surface area contributed by atoms with E-state index in [2.05, 4.69) is 17.4 Å². The minimum atomic E-state index is -0.459. The standard InChI is InChI=1S/C17H17ClFNOS/c18-13-6-5-11(9-14(13)19)16(10-21)20-15-7-8-22-17-4-2-1-3-12(15)17/h1-6,9,15-16,20-21H,7-8,10H2. The Hall–Kier alpha value is -1.07. The van der Waals surface area contributed by atoms with E-state index in [0.717, 1.165) is 12.2 Å². The van der Waals surface area contributed by atoms with Crippen molar-refractivity contribution in [3.63, 3.8) is 0 Å². The number of aliphatic hydroxyl groups excluding tert-OH is 1. The molecule has 5 heteroatoms. The molecule has 0 saturated carbocycles. The number of nitrogens with one attached hydrogen (secondary N) is 1. The van der Waals surface area contributed by atoms with Crippen molar-refractivity contribution in [3.8, 4) is 0 Å². The van der Waals surface area contributed by atoms with E-state index >= 15 is 0 Å². The number of thioether (sulfide) groups is 1. The van der Waals surface area contributed by atoms with Crippen molar-refractivity contribution in [1.29, 1.82) is 0 Å². The summed E-state index contributed by atoms with van der Waals surface area (Å²) in [6.45, 7) is -0.0904. The summed E-state index contributed by atoms with van der Waals surface area (Å²) in [5, 5.41) is 13.2. The number of aliphatic hydroxyl groups is 1. The highest BCUT2D eigenvalue weighted by molar-refractivity contribution is 7.99. The molecule has 116 valence electrons. The van der Waals surface area contributed by atoms with Gasteiger partial charge in [0.05, 0.1) is 17.7 Å². The van der Waals surface area contributed by atoms with Crippen molar-refractivity contribution in [2.75, 3.05) is 12.4 Å². The highest BCUT2D eigenvalue weighted by Gasteiger charge is 2.23. The van der Waals surface area contributed by atoms with Gasteiger partial charge in [-0.15, -0.1) is 11.8 Å². The third-order valence-corrected chi connectivity index (χ3v) is 5.32. The smallest absolute Gasteiger partial charge is 0.142 e. The van der Waals surface area contributed by atoms with Gasteiger partial charge in [0, 0.05) is 10.9 Å². The summed E-state index contributed by atoms with van der Waals surface area (Å²) in [7, 11) is 0. The van der Waals surface area contributed by atoms with Gasteiger partial charge in [0.1, 0.15) is 5.82 Å². The van der Waals surface area contributed by atoms with Crippen molar-refractivity contribution in [2.24, 2.45) is 0 Å². The van der Waals surface area contributed by atoms with Crippen LogP contribution in [0.2, 0.25) is 5.02 Å². The number of benzene rings is 2. The molecule has 3 rings (SSSR count). The normalized spacial score (nSPS) is 18.8. The molecule has 2 aromatic carbocycles. The lowest BCUT2D eigenvalue weighted by molar-refractivity contribution is 0.231. The maximum absolute atomic E-state index is 13.6. The molecule has 2 atom stereocenters. The SMILES string of the molecule is OCC(NC1CCSc2ccccc21)c1ccc(Cl)c(F)c1. The Morgan fingerprint density at radius 1 is 1.32 bits per heavy atom. The van der Waals surface area contributed by atoms with Gasteiger partial charge in [0.2, 0.25) is 0 Å². The molecule has 0 bridgehead atoms. The van der Waals surface area contributed by atoms with Crippen LogP contribution in [0.25, 0.3) is 0 Å². The molecule has 1 heterocycles. The molecule has 0 radical (unpaired) electrons. The monoisotopic (exact) mass is 337 g/mol. The number of hydrogen-bond donors (Lipinski definition) is 2. The lowest BCUT2D eigenvalue weighted by Gasteiger charge is -2.30. The van der Waals surface area contributed by atoms with Crippen LogP contribution in [0, 0.1) is 5.82 Å². The van der Waals surface area contributed by atoms with Gasteiger partial charge in [-0.25, -0.2) is 4.39 Å². The lowest BCUT2D eigenvalue weighted by Crippen LogP contribution is -2.31. The maximum Gasteiger partial charge on any atom is 0.142 e. The first kappa shape index (κ1) is 15.8. The van der Waals surface area contributed by atoms with E-state index in [-0.39, 0.29) is 23.7 Å². The number of fused-ring (bicyclic) bond motifs is 1. The Morgan fingerprint density at radius 3 is 2.91 bits per heavy atom. The van der Waals surface area contributed by atoms with Crippen LogP contribution in [-0.4, -0.2) is 17.5 Å². The van der Waals surface area contributed by atoms with E-state index in [0.29, 0.717) is 5.56 Å². The van der Waals surface area contributed by atoms with Crippen molar-refractivity contribution >= 4 is 23.4 Å². The summed E-state index contributed by atoms with van der Waals surface area (Å²) in [4.78, 5) is 1.27. The van der Waals surface area contributed by atoms with Gasteiger partial charge < -0.3 is 10.4 Å². The lowest BCUT2D eigenvalue weighted by atomic mass is 10.00. The molecule has 0 aromatic heterocycles. The molecule has 1 aliphatic heterocycles. The van der Waals surface area contributed by atoms with Crippen LogP contribution in [0.15, 0.2) is 47.4 Å². The van der Waals surface area contributed by atoms with Crippen LogP contribution in [0.1, 0.15) is 29.6 Å². The van der Waals surface area contributed by atoms with E-state index in [9.17, 15) is 9.50 Å². The Kier molecular flexibility index (Phi) is 5.03. The average Bonchev–Trinajstić information content (AvgIpc) is 2.55. The van der Waals surface area contributed by atoms with Gasteiger partial charge in [-0.3, -0.25) is 0 Å². The zero-order chi connectivity index (χ0) is 15.5. The zero-order valence-electron chi connectivity index (χ0n) is 11.9. The molecule has 0 saturated heterocycles. The fourth-order valence-electron chi connectivity index (χ4n) is 2.74. The summed E-state index contributed by atoms with van der Waals surface area (Å²) >= 11 is 7.57. The number of halogens is 2. The predicted molar refractivity (Wildman–Crippen MR) is 88.9 cm³/mol. The molecule has 0 spiro atoms. The third-order valence-electron chi connectivity index (χ3n) is 3.89. The average molecular weight is 338 g/mol. The Labute approximate surface area is 138 Å². The minimum Gasteiger partial charge on any atom is -0.394 e. The fourth-order valence-corrected chi connectivity index (χ4v) is 3.98. The molecule has 22 heavy (non-hydrogen) atoms. The van der Waals surface area contributed by atoms with Crippen LogP contribution in [-0.2, 0) is 0 Å². The highest BCUT2D eigenvalue weighted by atomic mass is 35.5. The van der Waals surface area contributed by atoms with E-state index < -0.39 is 5.82 Å². The maximum atomic E-state index is 13.6. The largest absolute Gasteiger partial charge is 0.394 e. The van der Waals surface area contributed by atoms with E-state index in [1.165, 1.54) is 22.6 Å². The second-order valence-corrected chi connectivity index (χ2v) is 6.85. The summed E-state index contributed by atoms with van der Waals surface area (Å²) < 4.78 is 13.6. The molecule has 0 aliphatic carbocycles. The van der Waals surface area contributed by atoms with Crippen LogP contribution < -0.4 is 5.32 Å². The summed E-state index contributed by atoms with van der Waals surface area (Å²) in [6.07, 6.45) is 0.980. The number of rotatable bonds is 4. The summed E-state index contributed by atoms with van der Waals surface area (Å²) in [6, 6.07) is 12.8. The van der Waals surface area contributed by atoms with Crippen molar-refractivity contribution in [2.45, 2.75) is 23.4 Å². The van der Waals surface area contributed by atoms with E-state index in [4.69, 9.17) is 11.6 Å². The molecule has 2 nitrogen and oxygen atoms in total. The minimum absolute atomic E-state index is 0.0904. The molecule has 1 aliphatic rings.